The molecule has 0 amide bonds. The van der Waals surface area contributed by atoms with Crippen LogP contribution in [0.5, 0.6) is 0 Å². The van der Waals surface area contributed by atoms with Gasteiger partial charge >= 0.3 is 0 Å². The largest absolute Gasteiger partial charge is 0.273 e. The Kier molecular flexibility index (Phi) is 4.01. The highest BCUT2D eigenvalue weighted by molar-refractivity contribution is 6.31. The van der Waals surface area contributed by atoms with Crippen LogP contribution in [0.25, 0.3) is 0 Å². The Morgan fingerprint density at radius 3 is 2.78 bits per heavy atom. The number of aryl methyl sites for hydroxylation is 2. The minimum Gasteiger partial charge on any atom is -0.273 e. The molecule has 0 bridgehead atoms. The van der Waals surface area contributed by atoms with Crippen molar-refractivity contribution in [2.45, 2.75) is 26.4 Å². The summed E-state index contributed by atoms with van der Waals surface area (Å²) in [6, 6.07) is 5.86. The van der Waals surface area contributed by atoms with Gasteiger partial charge in [-0.3, -0.25) is 10.5 Å². The minimum atomic E-state index is -0.0941. The molecule has 4 nitrogen and oxygen atoms in total. The summed E-state index contributed by atoms with van der Waals surface area (Å²) in [5.74, 6) is 5.65. The fourth-order valence-electron chi connectivity index (χ4n) is 1.88. The van der Waals surface area contributed by atoms with Crippen LogP contribution in [0.2, 0.25) is 5.02 Å². The van der Waals surface area contributed by atoms with Crippen molar-refractivity contribution < 1.29 is 0 Å². The van der Waals surface area contributed by atoms with Crippen LogP contribution in [0.3, 0.4) is 0 Å². The second-order valence-electron chi connectivity index (χ2n) is 4.24. The van der Waals surface area contributed by atoms with Crippen LogP contribution in [0.15, 0.2) is 30.6 Å². The molecule has 96 valence electrons. The second kappa shape index (κ2) is 5.52. The van der Waals surface area contributed by atoms with E-state index in [0.717, 1.165) is 28.3 Å². The highest BCUT2D eigenvalue weighted by Gasteiger charge is 2.15. The van der Waals surface area contributed by atoms with Crippen LogP contribution in [-0.2, 0) is 6.54 Å². The van der Waals surface area contributed by atoms with Crippen molar-refractivity contribution >= 4 is 11.6 Å². The zero-order valence-corrected chi connectivity index (χ0v) is 11.3. The Bertz CT molecular complexity index is 536. The van der Waals surface area contributed by atoms with Crippen LogP contribution < -0.4 is 11.3 Å². The van der Waals surface area contributed by atoms with Crippen molar-refractivity contribution in [2.24, 2.45) is 5.84 Å². The molecule has 0 radical (unpaired) electrons. The molecule has 1 aromatic carbocycles. The van der Waals surface area contributed by atoms with Crippen LogP contribution in [0.4, 0.5) is 0 Å². The molecule has 5 heteroatoms. The summed E-state index contributed by atoms with van der Waals surface area (Å²) in [5, 5.41) is 5.00. The van der Waals surface area contributed by atoms with Crippen molar-refractivity contribution in [1.82, 2.24) is 15.2 Å². The zero-order chi connectivity index (χ0) is 13.1. The Balaban J connectivity index is 2.35. The van der Waals surface area contributed by atoms with Gasteiger partial charge in [0.1, 0.15) is 0 Å². The molecule has 0 fully saturated rings. The predicted molar refractivity (Wildman–Crippen MR) is 73.3 cm³/mol. The number of hydrazine groups is 1. The smallest absolute Gasteiger partial charge is 0.0741 e. The first-order valence-electron chi connectivity index (χ1n) is 5.90. The molecule has 1 heterocycles. The number of aromatic nitrogens is 2. The van der Waals surface area contributed by atoms with Gasteiger partial charge in [0, 0.05) is 23.3 Å². The zero-order valence-electron chi connectivity index (χ0n) is 10.5. The van der Waals surface area contributed by atoms with Crippen LogP contribution >= 0.6 is 11.6 Å². The summed E-state index contributed by atoms with van der Waals surface area (Å²) in [6.45, 7) is 4.86. The van der Waals surface area contributed by atoms with Gasteiger partial charge in [-0.2, -0.15) is 5.10 Å². The van der Waals surface area contributed by atoms with E-state index in [-0.39, 0.29) is 6.04 Å². The number of hydrogen-bond donors (Lipinski definition) is 2. The predicted octanol–water partition coefficient (Wildman–Crippen LogP) is 2.42. The number of nitrogens with one attached hydrogen (secondary N) is 1. The molecule has 2 rings (SSSR count). The molecule has 0 aliphatic rings. The Morgan fingerprint density at radius 1 is 1.44 bits per heavy atom. The molecule has 0 aliphatic carbocycles. The molecular formula is C13H17ClN4. The number of rotatable bonds is 4. The van der Waals surface area contributed by atoms with E-state index in [4.69, 9.17) is 17.4 Å². The van der Waals surface area contributed by atoms with E-state index in [2.05, 4.69) is 10.5 Å². The van der Waals surface area contributed by atoms with Crippen LogP contribution in [0.1, 0.15) is 29.7 Å². The third-order valence-corrected chi connectivity index (χ3v) is 3.41. The van der Waals surface area contributed by atoms with Gasteiger partial charge < -0.3 is 0 Å². The van der Waals surface area contributed by atoms with Gasteiger partial charge in [0.05, 0.1) is 12.2 Å². The van der Waals surface area contributed by atoms with Gasteiger partial charge in [-0.25, -0.2) is 5.43 Å². The summed E-state index contributed by atoms with van der Waals surface area (Å²) in [5.41, 5.74) is 5.92. The maximum atomic E-state index is 6.15. The molecule has 1 atom stereocenters. The maximum absolute atomic E-state index is 6.15. The molecule has 1 unspecified atom stereocenters. The highest BCUT2D eigenvalue weighted by Crippen LogP contribution is 2.25. The van der Waals surface area contributed by atoms with Gasteiger partial charge in [-0.15, -0.1) is 0 Å². The lowest BCUT2D eigenvalue weighted by atomic mass is 10.0. The molecule has 0 aliphatic heterocycles. The molecule has 2 aromatic rings. The number of halogens is 1. The van der Waals surface area contributed by atoms with E-state index in [9.17, 15) is 0 Å². The number of hydrogen-bond acceptors (Lipinski definition) is 3. The third-order valence-electron chi connectivity index (χ3n) is 3.01. The quantitative estimate of drug-likeness (QED) is 0.659. The summed E-state index contributed by atoms with van der Waals surface area (Å²) in [6.07, 6.45) is 3.81. The van der Waals surface area contributed by atoms with Gasteiger partial charge in [0.15, 0.2) is 0 Å². The SMILES string of the molecule is CCn1cc(C(NN)c2ccc(C)c(Cl)c2)cn1. The number of benzene rings is 1. The van der Waals surface area contributed by atoms with E-state index >= 15 is 0 Å². The lowest BCUT2D eigenvalue weighted by molar-refractivity contribution is 0.630. The average molecular weight is 265 g/mol. The first-order chi connectivity index (χ1) is 8.65. The second-order valence-corrected chi connectivity index (χ2v) is 4.64. The topological polar surface area (TPSA) is 55.9 Å². The molecule has 18 heavy (non-hydrogen) atoms. The van der Waals surface area contributed by atoms with E-state index in [1.807, 2.05) is 49.1 Å². The fraction of sp³-hybridized carbons (Fsp3) is 0.308. The first-order valence-corrected chi connectivity index (χ1v) is 6.28. The van der Waals surface area contributed by atoms with Crippen molar-refractivity contribution in [3.8, 4) is 0 Å². The Hall–Kier alpha value is -1.36. The molecule has 1 aromatic heterocycles. The summed E-state index contributed by atoms with van der Waals surface area (Å²) < 4.78 is 1.87. The van der Waals surface area contributed by atoms with Gasteiger partial charge in [0.25, 0.3) is 0 Å². The molecule has 0 saturated heterocycles. The monoisotopic (exact) mass is 264 g/mol. The molecular weight excluding hydrogens is 248 g/mol. The van der Waals surface area contributed by atoms with E-state index in [1.54, 1.807) is 0 Å². The average Bonchev–Trinajstić information content (AvgIpc) is 2.83. The number of nitrogens with zero attached hydrogens (tertiary/aromatic N) is 2. The normalized spacial score (nSPS) is 12.7. The Morgan fingerprint density at radius 2 is 2.22 bits per heavy atom. The van der Waals surface area contributed by atoms with E-state index in [0.29, 0.717) is 0 Å². The highest BCUT2D eigenvalue weighted by atomic mass is 35.5. The summed E-state index contributed by atoms with van der Waals surface area (Å²) >= 11 is 6.15. The van der Waals surface area contributed by atoms with Crippen LogP contribution in [0, 0.1) is 6.92 Å². The van der Waals surface area contributed by atoms with Gasteiger partial charge in [0.2, 0.25) is 0 Å². The molecule has 3 N–H and O–H groups in total. The maximum Gasteiger partial charge on any atom is 0.0741 e. The van der Waals surface area contributed by atoms with Crippen molar-refractivity contribution in [3.63, 3.8) is 0 Å². The van der Waals surface area contributed by atoms with Crippen molar-refractivity contribution in [2.75, 3.05) is 0 Å². The lowest BCUT2D eigenvalue weighted by Crippen LogP contribution is -2.28. The van der Waals surface area contributed by atoms with Crippen molar-refractivity contribution in [3.05, 3.63) is 52.3 Å². The third kappa shape index (κ3) is 2.56. The standard InChI is InChI=1S/C13H17ClN4/c1-3-18-8-11(7-16-18)13(17-15)10-5-4-9(2)12(14)6-10/h4-8,13,17H,3,15H2,1-2H3. The lowest BCUT2D eigenvalue weighted by Gasteiger charge is -2.15. The van der Waals surface area contributed by atoms with Crippen molar-refractivity contribution in [1.29, 1.82) is 0 Å². The van der Waals surface area contributed by atoms with Crippen LogP contribution in [-0.4, -0.2) is 9.78 Å². The van der Waals surface area contributed by atoms with Gasteiger partial charge in [-0.1, -0.05) is 23.7 Å². The fourth-order valence-corrected chi connectivity index (χ4v) is 2.06. The molecule has 0 saturated carbocycles. The summed E-state index contributed by atoms with van der Waals surface area (Å²) in [7, 11) is 0. The first kappa shape index (κ1) is 13.1. The minimum absolute atomic E-state index is 0.0941. The van der Waals surface area contributed by atoms with E-state index in [1.165, 1.54) is 0 Å². The van der Waals surface area contributed by atoms with Gasteiger partial charge in [-0.05, 0) is 31.0 Å². The number of nitrogens with two attached hydrogens (primary N) is 1. The summed E-state index contributed by atoms with van der Waals surface area (Å²) in [4.78, 5) is 0. The van der Waals surface area contributed by atoms with E-state index < -0.39 is 0 Å². The molecule has 0 spiro atoms. The Labute approximate surface area is 112 Å².